The number of piperidine rings is 1. The number of anilines is 1. The zero-order valence-corrected chi connectivity index (χ0v) is 12.3. The molecule has 0 aliphatic carbocycles. The van der Waals surface area contributed by atoms with Crippen LogP contribution in [0, 0.1) is 0 Å². The summed E-state index contributed by atoms with van der Waals surface area (Å²) in [4.78, 5) is 21.2. The second-order valence-corrected chi connectivity index (χ2v) is 5.43. The van der Waals surface area contributed by atoms with Crippen LogP contribution < -0.4 is 4.90 Å². The number of likely N-dealkylation sites (tertiary alicyclic amines) is 1. The van der Waals surface area contributed by atoms with Crippen LogP contribution in [-0.4, -0.2) is 51.0 Å². The predicted octanol–water partition coefficient (Wildman–Crippen LogP) is 1.37. The van der Waals surface area contributed by atoms with Gasteiger partial charge in [0.2, 0.25) is 0 Å². The van der Waals surface area contributed by atoms with Crippen molar-refractivity contribution >= 4 is 5.82 Å². The topological polar surface area (TPSA) is 58.0 Å². The molecule has 0 aromatic carbocycles. The smallest absolute Gasteiger partial charge is 0.131 e. The molecule has 0 amide bonds. The highest BCUT2D eigenvalue weighted by molar-refractivity contribution is 5.36. The van der Waals surface area contributed by atoms with E-state index in [4.69, 9.17) is 0 Å². The van der Waals surface area contributed by atoms with Crippen LogP contribution in [-0.2, 0) is 6.54 Å². The lowest BCUT2D eigenvalue weighted by Gasteiger charge is -2.37. The SMILES string of the molecule is CN(c1ccncn1)C1CCN(Cc2cncnc2)CC1. The fourth-order valence-corrected chi connectivity index (χ4v) is 2.81. The molecule has 110 valence electrons. The van der Waals surface area contributed by atoms with E-state index < -0.39 is 0 Å². The molecule has 0 N–H and O–H groups in total. The molecule has 6 heteroatoms. The molecular weight excluding hydrogens is 264 g/mol. The van der Waals surface area contributed by atoms with Gasteiger partial charge in [-0.15, -0.1) is 0 Å². The van der Waals surface area contributed by atoms with Crippen molar-refractivity contribution in [1.29, 1.82) is 0 Å². The first-order chi connectivity index (χ1) is 10.3. The summed E-state index contributed by atoms with van der Waals surface area (Å²) in [5.41, 5.74) is 1.18. The summed E-state index contributed by atoms with van der Waals surface area (Å²) in [5, 5.41) is 0. The third kappa shape index (κ3) is 3.52. The molecule has 3 rings (SSSR count). The molecule has 0 spiro atoms. The van der Waals surface area contributed by atoms with Crippen molar-refractivity contribution in [3.63, 3.8) is 0 Å². The van der Waals surface area contributed by atoms with E-state index >= 15 is 0 Å². The van der Waals surface area contributed by atoms with Gasteiger partial charge < -0.3 is 4.90 Å². The van der Waals surface area contributed by atoms with E-state index in [-0.39, 0.29) is 0 Å². The van der Waals surface area contributed by atoms with Crippen LogP contribution in [0.3, 0.4) is 0 Å². The van der Waals surface area contributed by atoms with Crippen LogP contribution in [0.1, 0.15) is 18.4 Å². The lowest BCUT2D eigenvalue weighted by Crippen LogP contribution is -2.43. The van der Waals surface area contributed by atoms with Crippen LogP contribution in [0.2, 0.25) is 0 Å². The minimum Gasteiger partial charge on any atom is -0.356 e. The van der Waals surface area contributed by atoms with Gasteiger partial charge in [-0.2, -0.15) is 0 Å². The maximum absolute atomic E-state index is 4.33. The molecule has 1 aliphatic heterocycles. The van der Waals surface area contributed by atoms with Crippen LogP contribution in [0.25, 0.3) is 0 Å². The number of hydrogen-bond donors (Lipinski definition) is 0. The van der Waals surface area contributed by atoms with Crippen LogP contribution >= 0.6 is 0 Å². The molecule has 1 saturated heterocycles. The quantitative estimate of drug-likeness (QED) is 0.845. The number of nitrogens with zero attached hydrogens (tertiary/aromatic N) is 6. The molecule has 2 aromatic rings. The van der Waals surface area contributed by atoms with E-state index in [2.05, 4.69) is 36.8 Å². The Morgan fingerprint density at radius 1 is 1.14 bits per heavy atom. The fourth-order valence-electron chi connectivity index (χ4n) is 2.81. The zero-order valence-electron chi connectivity index (χ0n) is 12.3. The molecule has 0 unspecified atom stereocenters. The third-order valence-corrected chi connectivity index (χ3v) is 4.05. The highest BCUT2D eigenvalue weighted by Gasteiger charge is 2.23. The molecule has 0 radical (unpaired) electrons. The summed E-state index contributed by atoms with van der Waals surface area (Å²) < 4.78 is 0. The summed E-state index contributed by atoms with van der Waals surface area (Å²) in [6.07, 6.45) is 11.1. The average molecular weight is 284 g/mol. The lowest BCUT2D eigenvalue weighted by atomic mass is 10.0. The van der Waals surface area contributed by atoms with Crippen LogP contribution in [0.5, 0.6) is 0 Å². The molecule has 0 bridgehead atoms. The Morgan fingerprint density at radius 3 is 2.57 bits per heavy atom. The number of hydrogen-bond acceptors (Lipinski definition) is 6. The van der Waals surface area contributed by atoms with Gasteiger partial charge in [-0.3, -0.25) is 4.90 Å². The monoisotopic (exact) mass is 284 g/mol. The van der Waals surface area contributed by atoms with Gasteiger partial charge in [0.1, 0.15) is 18.5 Å². The van der Waals surface area contributed by atoms with Crippen molar-refractivity contribution in [2.75, 3.05) is 25.0 Å². The second-order valence-electron chi connectivity index (χ2n) is 5.43. The molecule has 1 fully saturated rings. The molecule has 3 heterocycles. The molecule has 21 heavy (non-hydrogen) atoms. The minimum absolute atomic E-state index is 0.545. The molecule has 1 aliphatic rings. The Bertz CT molecular complexity index is 539. The molecule has 0 saturated carbocycles. The van der Waals surface area contributed by atoms with Crippen LogP contribution in [0.15, 0.2) is 37.3 Å². The summed E-state index contributed by atoms with van der Waals surface area (Å²) in [7, 11) is 2.12. The summed E-state index contributed by atoms with van der Waals surface area (Å²) in [5.74, 6) is 1.000. The summed E-state index contributed by atoms with van der Waals surface area (Å²) in [6, 6.07) is 2.51. The van der Waals surface area contributed by atoms with E-state index in [1.165, 1.54) is 5.56 Å². The van der Waals surface area contributed by atoms with E-state index in [1.54, 1.807) is 18.9 Å². The van der Waals surface area contributed by atoms with E-state index in [0.29, 0.717) is 6.04 Å². The van der Waals surface area contributed by atoms with Crippen molar-refractivity contribution in [2.45, 2.75) is 25.4 Å². The maximum atomic E-state index is 4.33. The van der Waals surface area contributed by atoms with Crippen molar-refractivity contribution < 1.29 is 0 Å². The molecule has 0 atom stereocenters. The van der Waals surface area contributed by atoms with E-state index in [1.807, 2.05) is 18.5 Å². The first-order valence-corrected chi connectivity index (χ1v) is 7.28. The van der Waals surface area contributed by atoms with Gasteiger partial charge in [-0.05, 0) is 18.9 Å². The highest BCUT2D eigenvalue weighted by Crippen LogP contribution is 2.20. The van der Waals surface area contributed by atoms with Gasteiger partial charge in [0.15, 0.2) is 0 Å². The maximum Gasteiger partial charge on any atom is 0.131 e. The number of aromatic nitrogens is 4. The van der Waals surface area contributed by atoms with Crippen LogP contribution in [0.4, 0.5) is 5.82 Å². The Morgan fingerprint density at radius 2 is 1.90 bits per heavy atom. The van der Waals surface area contributed by atoms with E-state index in [9.17, 15) is 0 Å². The largest absolute Gasteiger partial charge is 0.356 e. The van der Waals surface area contributed by atoms with Crippen molar-refractivity contribution in [1.82, 2.24) is 24.8 Å². The van der Waals surface area contributed by atoms with Gasteiger partial charge >= 0.3 is 0 Å². The fraction of sp³-hybridized carbons (Fsp3) is 0.467. The standard InChI is InChI=1S/C15H20N6/c1-20(15-2-5-16-12-19-15)14-3-6-21(7-4-14)10-13-8-17-11-18-9-13/h2,5,8-9,11-12,14H,3-4,6-7,10H2,1H3. The lowest BCUT2D eigenvalue weighted by molar-refractivity contribution is 0.203. The van der Waals surface area contributed by atoms with Crippen molar-refractivity contribution in [2.24, 2.45) is 0 Å². The molecule has 6 nitrogen and oxygen atoms in total. The predicted molar refractivity (Wildman–Crippen MR) is 80.8 cm³/mol. The Hall–Kier alpha value is -2.08. The van der Waals surface area contributed by atoms with Gasteiger partial charge in [-0.1, -0.05) is 0 Å². The normalized spacial score (nSPS) is 16.8. The summed E-state index contributed by atoms with van der Waals surface area (Å²) >= 11 is 0. The Balaban J connectivity index is 1.53. The zero-order chi connectivity index (χ0) is 14.5. The van der Waals surface area contributed by atoms with E-state index in [0.717, 1.165) is 38.3 Å². The highest BCUT2D eigenvalue weighted by atomic mass is 15.2. The number of rotatable bonds is 4. The van der Waals surface area contributed by atoms with Gasteiger partial charge in [-0.25, -0.2) is 19.9 Å². The second kappa shape index (κ2) is 6.58. The van der Waals surface area contributed by atoms with Crippen molar-refractivity contribution in [3.8, 4) is 0 Å². The van der Waals surface area contributed by atoms with Gasteiger partial charge in [0.05, 0.1) is 0 Å². The Kier molecular flexibility index (Phi) is 4.35. The average Bonchev–Trinajstić information content (AvgIpc) is 2.57. The van der Waals surface area contributed by atoms with Gasteiger partial charge in [0, 0.05) is 56.9 Å². The summed E-state index contributed by atoms with van der Waals surface area (Å²) in [6.45, 7) is 3.12. The Labute approximate surface area is 124 Å². The van der Waals surface area contributed by atoms with Crippen molar-refractivity contribution in [3.05, 3.63) is 42.9 Å². The third-order valence-electron chi connectivity index (χ3n) is 4.05. The first-order valence-electron chi connectivity index (χ1n) is 7.28. The molecular formula is C15H20N6. The molecule has 2 aromatic heterocycles. The first kappa shape index (κ1) is 13.9. The van der Waals surface area contributed by atoms with Gasteiger partial charge in [0.25, 0.3) is 0 Å². The minimum atomic E-state index is 0.545.